The molecule has 0 spiro atoms. The van der Waals surface area contributed by atoms with Gasteiger partial charge in [0.2, 0.25) is 0 Å². The van der Waals surface area contributed by atoms with Crippen LogP contribution in [0.3, 0.4) is 0 Å². The molecule has 0 saturated heterocycles. The molecule has 0 unspecified atom stereocenters. The molecule has 0 aromatic carbocycles. The highest BCUT2D eigenvalue weighted by atomic mass is 16.6. The van der Waals surface area contributed by atoms with Gasteiger partial charge >= 0.3 is 11.9 Å². The van der Waals surface area contributed by atoms with Crippen LogP contribution in [-0.2, 0) is 14.3 Å². The summed E-state index contributed by atoms with van der Waals surface area (Å²) in [6.45, 7) is 3.58. The van der Waals surface area contributed by atoms with Gasteiger partial charge in [0.1, 0.15) is 0 Å². The lowest BCUT2D eigenvalue weighted by Crippen LogP contribution is -2.07. The SMILES string of the molecule is CCC#CC(=O)OC(=O)C#CCC. The number of esters is 2. The predicted octanol–water partition coefficient (Wildman–Crippen LogP) is 0.883. The second-order valence-corrected chi connectivity index (χ2v) is 1.99. The van der Waals surface area contributed by atoms with Gasteiger partial charge in [-0.25, -0.2) is 9.59 Å². The number of carbonyl (C=O) groups excluding carboxylic acids is 2. The second-order valence-electron chi connectivity index (χ2n) is 1.99. The van der Waals surface area contributed by atoms with E-state index in [1.165, 1.54) is 0 Å². The molecule has 0 aliphatic carbocycles. The lowest BCUT2D eigenvalue weighted by molar-refractivity contribution is -0.151. The van der Waals surface area contributed by atoms with E-state index in [0.29, 0.717) is 12.8 Å². The molecule has 0 N–H and O–H groups in total. The number of carbonyl (C=O) groups is 2. The van der Waals surface area contributed by atoms with Gasteiger partial charge in [-0.05, 0) is 0 Å². The van der Waals surface area contributed by atoms with Crippen molar-refractivity contribution in [2.45, 2.75) is 26.7 Å². The zero-order valence-corrected chi connectivity index (χ0v) is 7.64. The third-order valence-electron chi connectivity index (χ3n) is 0.920. The predicted molar refractivity (Wildman–Crippen MR) is 47.2 cm³/mol. The van der Waals surface area contributed by atoms with Crippen molar-refractivity contribution in [1.29, 1.82) is 0 Å². The summed E-state index contributed by atoms with van der Waals surface area (Å²) in [5.41, 5.74) is 0. The van der Waals surface area contributed by atoms with Gasteiger partial charge in [-0.3, -0.25) is 0 Å². The van der Waals surface area contributed by atoms with Gasteiger partial charge in [-0.2, -0.15) is 0 Å². The molecular weight excluding hydrogens is 168 g/mol. The second kappa shape index (κ2) is 6.94. The van der Waals surface area contributed by atoms with E-state index in [2.05, 4.69) is 28.4 Å². The standard InChI is InChI=1S/C10H10O3/c1-3-5-7-9(11)13-10(12)8-6-4-2/h3-4H2,1-2H3. The first-order chi connectivity index (χ1) is 6.20. The Morgan fingerprint density at radius 1 is 1.00 bits per heavy atom. The highest BCUT2D eigenvalue weighted by Crippen LogP contribution is 1.79. The van der Waals surface area contributed by atoms with Crippen molar-refractivity contribution in [3.05, 3.63) is 0 Å². The zero-order chi connectivity index (χ0) is 10.1. The fraction of sp³-hybridized carbons (Fsp3) is 0.400. The van der Waals surface area contributed by atoms with Crippen LogP contribution in [0.2, 0.25) is 0 Å². The first-order valence-corrected chi connectivity index (χ1v) is 3.94. The van der Waals surface area contributed by atoms with Crippen LogP contribution < -0.4 is 0 Å². The first-order valence-electron chi connectivity index (χ1n) is 3.94. The van der Waals surface area contributed by atoms with Crippen LogP contribution in [0.4, 0.5) is 0 Å². The quantitative estimate of drug-likeness (QED) is 0.239. The van der Waals surface area contributed by atoms with Gasteiger partial charge in [0, 0.05) is 24.7 Å². The van der Waals surface area contributed by atoms with Crippen LogP contribution in [0.25, 0.3) is 0 Å². The topological polar surface area (TPSA) is 43.4 Å². The van der Waals surface area contributed by atoms with E-state index in [4.69, 9.17) is 0 Å². The molecule has 68 valence electrons. The summed E-state index contributed by atoms with van der Waals surface area (Å²) in [5.74, 6) is 7.55. The van der Waals surface area contributed by atoms with Gasteiger partial charge < -0.3 is 4.74 Å². The molecule has 0 aromatic rings. The van der Waals surface area contributed by atoms with E-state index in [0.717, 1.165) is 0 Å². The zero-order valence-electron chi connectivity index (χ0n) is 7.64. The smallest absolute Gasteiger partial charge is 0.373 e. The Bertz CT molecular complexity index is 275. The molecule has 0 bridgehead atoms. The van der Waals surface area contributed by atoms with Gasteiger partial charge in [0.25, 0.3) is 0 Å². The average molecular weight is 178 g/mol. The molecule has 0 saturated carbocycles. The molecule has 3 heteroatoms. The van der Waals surface area contributed by atoms with Crippen molar-refractivity contribution < 1.29 is 14.3 Å². The van der Waals surface area contributed by atoms with Crippen LogP contribution in [0.15, 0.2) is 0 Å². The molecule has 0 fully saturated rings. The van der Waals surface area contributed by atoms with E-state index in [1.807, 2.05) is 0 Å². The Balaban J connectivity index is 4.00. The van der Waals surface area contributed by atoms with Crippen molar-refractivity contribution in [2.24, 2.45) is 0 Å². The van der Waals surface area contributed by atoms with Gasteiger partial charge in [-0.15, -0.1) is 0 Å². The Kier molecular flexibility index (Phi) is 6.01. The van der Waals surface area contributed by atoms with E-state index in [9.17, 15) is 9.59 Å². The Morgan fingerprint density at radius 3 is 1.69 bits per heavy atom. The normalized spacial score (nSPS) is 7.23. The molecule has 0 radical (unpaired) electrons. The lowest BCUT2D eigenvalue weighted by atomic mass is 10.4. The molecular formula is C10H10O3. The summed E-state index contributed by atoms with van der Waals surface area (Å²) >= 11 is 0. The molecule has 0 atom stereocenters. The monoisotopic (exact) mass is 178 g/mol. The Labute approximate surface area is 77.5 Å². The van der Waals surface area contributed by atoms with E-state index in [-0.39, 0.29) is 0 Å². The number of rotatable bonds is 0. The number of hydrogen-bond acceptors (Lipinski definition) is 3. The number of hydrogen-bond donors (Lipinski definition) is 0. The maximum absolute atomic E-state index is 10.7. The van der Waals surface area contributed by atoms with Crippen LogP contribution >= 0.6 is 0 Å². The molecule has 0 aromatic heterocycles. The maximum Gasteiger partial charge on any atom is 0.392 e. The molecule has 0 rings (SSSR count). The summed E-state index contributed by atoms with van der Waals surface area (Å²) in [6, 6.07) is 0. The minimum Gasteiger partial charge on any atom is -0.373 e. The van der Waals surface area contributed by atoms with Crippen molar-refractivity contribution in [2.75, 3.05) is 0 Å². The van der Waals surface area contributed by atoms with Gasteiger partial charge in [0.05, 0.1) is 0 Å². The van der Waals surface area contributed by atoms with Crippen molar-refractivity contribution in [1.82, 2.24) is 0 Å². The average Bonchev–Trinajstić information content (AvgIpc) is 2.11. The molecule has 13 heavy (non-hydrogen) atoms. The maximum atomic E-state index is 10.7. The Hall–Kier alpha value is -1.74. The summed E-state index contributed by atoms with van der Waals surface area (Å²) in [4.78, 5) is 21.4. The Morgan fingerprint density at radius 2 is 1.38 bits per heavy atom. The minimum atomic E-state index is -0.850. The summed E-state index contributed by atoms with van der Waals surface area (Å²) in [7, 11) is 0. The van der Waals surface area contributed by atoms with Crippen LogP contribution in [0.5, 0.6) is 0 Å². The minimum absolute atomic E-state index is 0.546. The highest BCUT2D eigenvalue weighted by molar-refractivity contribution is 6.02. The lowest BCUT2D eigenvalue weighted by Gasteiger charge is -1.88. The molecule has 0 aliphatic heterocycles. The summed E-state index contributed by atoms with van der Waals surface area (Å²) in [6.07, 6.45) is 1.09. The van der Waals surface area contributed by atoms with E-state index in [1.54, 1.807) is 13.8 Å². The fourth-order valence-electron chi connectivity index (χ4n) is 0.456. The number of ether oxygens (including phenoxy) is 1. The summed E-state index contributed by atoms with van der Waals surface area (Å²) in [5, 5.41) is 0. The molecule has 0 aliphatic rings. The fourth-order valence-corrected chi connectivity index (χ4v) is 0.456. The highest BCUT2D eigenvalue weighted by Gasteiger charge is 2.02. The van der Waals surface area contributed by atoms with Gasteiger partial charge in [0.15, 0.2) is 0 Å². The third kappa shape index (κ3) is 6.65. The summed E-state index contributed by atoms with van der Waals surface area (Å²) < 4.78 is 4.23. The van der Waals surface area contributed by atoms with Gasteiger partial charge in [-0.1, -0.05) is 25.7 Å². The van der Waals surface area contributed by atoms with Crippen molar-refractivity contribution in [3.8, 4) is 23.7 Å². The third-order valence-corrected chi connectivity index (χ3v) is 0.920. The van der Waals surface area contributed by atoms with Crippen LogP contribution in [0, 0.1) is 23.7 Å². The van der Waals surface area contributed by atoms with Crippen molar-refractivity contribution in [3.63, 3.8) is 0 Å². The van der Waals surface area contributed by atoms with E-state index < -0.39 is 11.9 Å². The molecule has 0 amide bonds. The largest absolute Gasteiger partial charge is 0.392 e. The van der Waals surface area contributed by atoms with Crippen molar-refractivity contribution >= 4 is 11.9 Å². The van der Waals surface area contributed by atoms with Crippen LogP contribution in [0.1, 0.15) is 26.7 Å². The first kappa shape index (κ1) is 11.3. The van der Waals surface area contributed by atoms with E-state index >= 15 is 0 Å². The van der Waals surface area contributed by atoms with Crippen LogP contribution in [-0.4, -0.2) is 11.9 Å². The molecule has 3 nitrogen and oxygen atoms in total. The molecule has 0 heterocycles.